The molecular formula is C13H18O2S. The molecule has 1 N–H and O–H groups in total. The Bertz CT molecular complexity index is 340. The molecule has 0 spiro atoms. The highest BCUT2D eigenvalue weighted by atomic mass is 32.2. The van der Waals surface area contributed by atoms with Crippen molar-refractivity contribution in [3.63, 3.8) is 0 Å². The zero-order chi connectivity index (χ0) is 11.4. The van der Waals surface area contributed by atoms with E-state index < -0.39 is 0 Å². The number of aliphatic hydroxyl groups excluding tert-OH is 1. The van der Waals surface area contributed by atoms with Crippen LogP contribution in [0.4, 0.5) is 0 Å². The van der Waals surface area contributed by atoms with Gasteiger partial charge >= 0.3 is 0 Å². The molecule has 1 aromatic carbocycles. The zero-order valence-corrected chi connectivity index (χ0v) is 10.4. The minimum atomic E-state index is 0.284. The van der Waals surface area contributed by atoms with Crippen LogP contribution in [0.15, 0.2) is 24.3 Å². The van der Waals surface area contributed by atoms with Crippen LogP contribution in [0.1, 0.15) is 24.8 Å². The summed E-state index contributed by atoms with van der Waals surface area (Å²) in [7, 11) is 0. The van der Waals surface area contributed by atoms with Crippen molar-refractivity contribution in [1.29, 1.82) is 0 Å². The van der Waals surface area contributed by atoms with E-state index in [2.05, 4.69) is 19.1 Å². The summed E-state index contributed by atoms with van der Waals surface area (Å²) in [5, 5.41) is 9.37. The van der Waals surface area contributed by atoms with Gasteiger partial charge in [-0.1, -0.05) is 25.1 Å². The molecule has 2 atom stereocenters. The van der Waals surface area contributed by atoms with E-state index in [0.29, 0.717) is 11.2 Å². The van der Waals surface area contributed by atoms with Crippen LogP contribution in [0.3, 0.4) is 0 Å². The number of hydrogen-bond donors (Lipinski definition) is 1. The summed E-state index contributed by atoms with van der Waals surface area (Å²) >= 11 is 1.92. The molecule has 1 aliphatic rings. The summed E-state index contributed by atoms with van der Waals surface area (Å²) in [4.78, 5) is 0. The summed E-state index contributed by atoms with van der Waals surface area (Å²) < 4.78 is 5.64. The van der Waals surface area contributed by atoms with E-state index in [4.69, 9.17) is 9.84 Å². The fraction of sp³-hybridized carbons (Fsp3) is 0.538. The quantitative estimate of drug-likeness (QED) is 0.855. The first-order valence-electron chi connectivity index (χ1n) is 5.75. The number of fused-ring (bicyclic) bond motifs is 1. The predicted molar refractivity (Wildman–Crippen MR) is 68.3 cm³/mol. The molecule has 1 aliphatic heterocycles. The Balaban J connectivity index is 1.88. The molecule has 0 aliphatic carbocycles. The van der Waals surface area contributed by atoms with E-state index in [0.717, 1.165) is 24.5 Å². The molecule has 0 saturated carbocycles. The molecule has 2 nitrogen and oxygen atoms in total. The Kier molecular flexibility index (Phi) is 4.13. The summed E-state index contributed by atoms with van der Waals surface area (Å²) in [6.07, 6.45) is 0.875. The van der Waals surface area contributed by atoms with E-state index in [9.17, 15) is 0 Å². The van der Waals surface area contributed by atoms with Crippen LogP contribution in [0.2, 0.25) is 0 Å². The van der Waals surface area contributed by atoms with E-state index in [1.165, 1.54) is 5.56 Å². The maximum Gasteiger partial charge on any atom is 0.122 e. The molecule has 88 valence electrons. The molecule has 3 heteroatoms. The normalized spacial score (nSPS) is 20.2. The Morgan fingerprint density at radius 2 is 2.31 bits per heavy atom. The van der Waals surface area contributed by atoms with Gasteiger partial charge < -0.3 is 9.84 Å². The lowest BCUT2D eigenvalue weighted by Gasteiger charge is -2.13. The molecule has 2 unspecified atom stereocenters. The first kappa shape index (κ1) is 11.8. The fourth-order valence-electron chi connectivity index (χ4n) is 1.91. The van der Waals surface area contributed by atoms with Crippen molar-refractivity contribution in [2.45, 2.75) is 24.5 Å². The lowest BCUT2D eigenvalue weighted by atomic mass is 10.0. The topological polar surface area (TPSA) is 29.5 Å². The molecule has 1 aromatic rings. The minimum Gasteiger partial charge on any atom is -0.493 e. The second-order valence-electron chi connectivity index (χ2n) is 4.20. The number of thioether (sulfide) groups is 1. The summed E-state index contributed by atoms with van der Waals surface area (Å²) in [5.41, 5.74) is 1.34. The first-order valence-corrected chi connectivity index (χ1v) is 6.80. The van der Waals surface area contributed by atoms with Crippen LogP contribution in [-0.2, 0) is 0 Å². The number of hydrogen-bond acceptors (Lipinski definition) is 3. The highest BCUT2D eigenvalue weighted by molar-refractivity contribution is 7.99. The van der Waals surface area contributed by atoms with Crippen molar-refractivity contribution in [3.8, 4) is 5.75 Å². The van der Waals surface area contributed by atoms with Gasteiger partial charge in [0.05, 0.1) is 6.61 Å². The first-order chi connectivity index (χ1) is 7.81. The third kappa shape index (κ3) is 2.71. The van der Waals surface area contributed by atoms with Gasteiger partial charge in [-0.25, -0.2) is 0 Å². The van der Waals surface area contributed by atoms with Gasteiger partial charge in [0.25, 0.3) is 0 Å². The number of benzene rings is 1. The van der Waals surface area contributed by atoms with Gasteiger partial charge in [0.1, 0.15) is 5.75 Å². The molecule has 0 radical (unpaired) electrons. The standard InChI is InChI=1S/C13H18O2S/c1-10(6-7-14)16-9-11-8-15-13-5-3-2-4-12(11)13/h2-5,10-11,14H,6-9H2,1H3. The molecule has 1 heterocycles. The maximum atomic E-state index is 8.85. The Labute approximate surface area is 101 Å². The smallest absolute Gasteiger partial charge is 0.122 e. The number of para-hydroxylation sites is 1. The molecule has 0 saturated heterocycles. The van der Waals surface area contributed by atoms with Crippen molar-refractivity contribution < 1.29 is 9.84 Å². The van der Waals surface area contributed by atoms with E-state index in [1.807, 2.05) is 23.9 Å². The van der Waals surface area contributed by atoms with Crippen molar-refractivity contribution in [1.82, 2.24) is 0 Å². The van der Waals surface area contributed by atoms with Crippen LogP contribution >= 0.6 is 11.8 Å². The minimum absolute atomic E-state index is 0.284. The van der Waals surface area contributed by atoms with Crippen molar-refractivity contribution >= 4 is 11.8 Å². The fourth-order valence-corrected chi connectivity index (χ4v) is 3.02. The number of ether oxygens (including phenoxy) is 1. The van der Waals surface area contributed by atoms with Gasteiger partial charge in [0.15, 0.2) is 0 Å². The van der Waals surface area contributed by atoms with Crippen molar-refractivity contribution in [2.75, 3.05) is 19.0 Å². The molecule has 0 amide bonds. The average Bonchev–Trinajstić information content (AvgIpc) is 2.70. The van der Waals surface area contributed by atoms with Crippen LogP contribution in [0.5, 0.6) is 5.75 Å². The molecule has 16 heavy (non-hydrogen) atoms. The van der Waals surface area contributed by atoms with Crippen molar-refractivity contribution in [2.24, 2.45) is 0 Å². The lowest BCUT2D eigenvalue weighted by molar-refractivity contribution is 0.289. The van der Waals surface area contributed by atoms with E-state index >= 15 is 0 Å². The molecular weight excluding hydrogens is 220 g/mol. The van der Waals surface area contributed by atoms with Crippen LogP contribution in [0.25, 0.3) is 0 Å². The van der Waals surface area contributed by atoms with Crippen LogP contribution in [-0.4, -0.2) is 29.3 Å². The molecule has 0 aromatic heterocycles. The Morgan fingerprint density at radius 3 is 3.12 bits per heavy atom. The highest BCUT2D eigenvalue weighted by Crippen LogP contribution is 2.36. The van der Waals surface area contributed by atoms with Gasteiger partial charge in [0, 0.05) is 29.1 Å². The average molecular weight is 238 g/mol. The SMILES string of the molecule is CC(CCO)SCC1COc2ccccc21. The second kappa shape index (κ2) is 5.60. The molecule has 0 bridgehead atoms. The lowest BCUT2D eigenvalue weighted by Crippen LogP contribution is -2.08. The van der Waals surface area contributed by atoms with Crippen LogP contribution < -0.4 is 4.74 Å². The Morgan fingerprint density at radius 1 is 1.50 bits per heavy atom. The zero-order valence-electron chi connectivity index (χ0n) is 9.56. The second-order valence-corrected chi connectivity index (χ2v) is 5.67. The van der Waals surface area contributed by atoms with Gasteiger partial charge in [-0.2, -0.15) is 11.8 Å². The Hall–Kier alpha value is -0.670. The van der Waals surface area contributed by atoms with Gasteiger partial charge in [0.2, 0.25) is 0 Å². The third-order valence-electron chi connectivity index (χ3n) is 2.92. The van der Waals surface area contributed by atoms with Gasteiger partial charge in [-0.05, 0) is 12.5 Å². The highest BCUT2D eigenvalue weighted by Gasteiger charge is 2.23. The molecule has 0 fully saturated rings. The maximum absolute atomic E-state index is 8.85. The number of rotatable bonds is 5. The van der Waals surface area contributed by atoms with Crippen LogP contribution in [0, 0.1) is 0 Å². The van der Waals surface area contributed by atoms with Gasteiger partial charge in [-0.3, -0.25) is 0 Å². The van der Waals surface area contributed by atoms with E-state index in [1.54, 1.807) is 0 Å². The van der Waals surface area contributed by atoms with E-state index in [-0.39, 0.29) is 6.61 Å². The summed E-state index contributed by atoms with van der Waals surface area (Å²) in [6, 6.07) is 8.28. The number of aliphatic hydroxyl groups is 1. The van der Waals surface area contributed by atoms with Crippen molar-refractivity contribution in [3.05, 3.63) is 29.8 Å². The monoisotopic (exact) mass is 238 g/mol. The van der Waals surface area contributed by atoms with Gasteiger partial charge in [-0.15, -0.1) is 0 Å². The third-order valence-corrected chi connectivity index (χ3v) is 4.32. The molecule has 2 rings (SSSR count). The predicted octanol–water partition coefficient (Wildman–Crippen LogP) is 2.67. The summed E-state index contributed by atoms with van der Waals surface area (Å²) in [5.74, 6) is 2.64. The largest absolute Gasteiger partial charge is 0.493 e. The summed E-state index contributed by atoms with van der Waals surface area (Å²) in [6.45, 7) is 3.26.